The molecule has 0 heterocycles. The first kappa shape index (κ1) is 14.7. The fourth-order valence-electron chi connectivity index (χ4n) is 2.21. The van der Waals surface area contributed by atoms with Gasteiger partial charge in [0.05, 0.1) is 0 Å². The van der Waals surface area contributed by atoms with Crippen molar-refractivity contribution in [3.63, 3.8) is 0 Å². The Bertz CT molecular complexity index is 354. The van der Waals surface area contributed by atoms with Crippen molar-refractivity contribution in [3.8, 4) is 0 Å². The van der Waals surface area contributed by atoms with Crippen LogP contribution in [0.3, 0.4) is 0 Å². The highest BCUT2D eigenvalue weighted by Crippen LogP contribution is 2.29. The number of benzene rings is 1. The standard InChI is InChI=1S/C14H21BrFN/c1-4-6-10(3)14(17-5-2)12-9-11(15)7-8-13(12)16/h7-10,14,17H,4-6H2,1-3H3. The van der Waals surface area contributed by atoms with Crippen molar-refractivity contribution in [1.82, 2.24) is 5.32 Å². The summed E-state index contributed by atoms with van der Waals surface area (Å²) in [5.74, 6) is 0.311. The molecule has 2 unspecified atom stereocenters. The summed E-state index contributed by atoms with van der Waals surface area (Å²) >= 11 is 3.41. The maximum atomic E-state index is 13.9. The van der Waals surface area contributed by atoms with Crippen LogP contribution in [0.1, 0.15) is 45.2 Å². The molecule has 0 saturated carbocycles. The van der Waals surface area contributed by atoms with E-state index in [1.54, 1.807) is 6.07 Å². The minimum atomic E-state index is -0.123. The molecule has 1 aromatic carbocycles. The second-order valence-electron chi connectivity index (χ2n) is 4.47. The van der Waals surface area contributed by atoms with E-state index in [1.165, 1.54) is 6.07 Å². The van der Waals surface area contributed by atoms with Gasteiger partial charge in [-0.05, 0) is 37.1 Å². The fraction of sp³-hybridized carbons (Fsp3) is 0.571. The Morgan fingerprint density at radius 2 is 2.06 bits per heavy atom. The smallest absolute Gasteiger partial charge is 0.128 e. The molecule has 1 rings (SSSR count). The Morgan fingerprint density at radius 1 is 1.35 bits per heavy atom. The van der Waals surface area contributed by atoms with Crippen LogP contribution in [-0.2, 0) is 0 Å². The summed E-state index contributed by atoms with van der Waals surface area (Å²) in [4.78, 5) is 0. The lowest BCUT2D eigenvalue weighted by atomic mass is 9.90. The van der Waals surface area contributed by atoms with Gasteiger partial charge in [-0.3, -0.25) is 0 Å². The van der Waals surface area contributed by atoms with E-state index in [0.29, 0.717) is 5.92 Å². The van der Waals surface area contributed by atoms with Gasteiger partial charge < -0.3 is 5.32 Å². The van der Waals surface area contributed by atoms with E-state index in [4.69, 9.17) is 0 Å². The normalized spacial score (nSPS) is 14.6. The third-order valence-corrected chi connectivity index (χ3v) is 3.52. The van der Waals surface area contributed by atoms with Gasteiger partial charge in [-0.2, -0.15) is 0 Å². The summed E-state index contributed by atoms with van der Waals surface area (Å²) in [6.07, 6.45) is 2.22. The van der Waals surface area contributed by atoms with Crippen LogP contribution in [0.5, 0.6) is 0 Å². The Labute approximate surface area is 112 Å². The van der Waals surface area contributed by atoms with E-state index in [-0.39, 0.29) is 11.9 Å². The monoisotopic (exact) mass is 301 g/mol. The molecular weight excluding hydrogens is 281 g/mol. The van der Waals surface area contributed by atoms with Gasteiger partial charge in [0.25, 0.3) is 0 Å². The largest absolute Gasteiger partial charge is 0.310 e. The number of hydrogen-bond acceptors (Lipinski definition) is 1. The Morgan fingerprint density at radius 3 is 2.65 bits per heavy atom. The summed E-state index contributed by atoms with van der Waals surface area (Å²) in [6, 6.07) is 5.25. The lowest BCUT2D eigenvalue weighted by Gasteiger charge is -2.25. The van der Waals surface area contributed by atoms with Crippen LogP contribution in [0.25, 0.3) is 0 Å². The Balaban J connectivity index is 2.99. The molecule has 1 N–H and O–H groups in total. The highest BCUT2D eigenvalue weighted by atomic mass is 79.9. The average molecular weight is 302 g/mol. The first-order chi connectivity index (χ1) is 8.10. The zero-order valence-corrected chi connectivity index (χ0v) is 12.3. The fourth-order valence-corrected chi connectivity index (χ4v) is 2.59. The molecule has 2 atom stereocenters. The molecule has 0 bridgehead atoms. The van der Waals surface area contributed by atoms with Crippen molar-refractivity contribution < 1.29 is 4.39 Å². The zero-order valence-electron chi connectivity index (χ0n) is 10.8. The van der Waals surface area contributed by atoms with Crippen molar-refractivity contribution >= 4 is 15.9 Å². The van der Waals surface area contributed by atoms with Crippen LogP contribution in [-0.4, -0.2) is 6.54 Å². The van der Waals surface area contributed by atoms with Crippen molar-refractivity contribution in [3.05, 3.63) is 34.1 Å². The Hall–Kier alpha value is -0.410. The zero-order chi connectivity index (χ0) is 12.8. The summed E-state index contributed by atoms with van der Waals surface area (Å²) in [7, 11) is 0. The van der Waals surface area contributed by atoms with Gasteiger partial charge in [-0.1, -0.05) is 43.1 Å². The van der Waals surface area contributed by atoms with Gasteiger partial charge >= 0.3 is 0 Å². The first-order valence-corrected chi connectivity index (χ1v) is 7.07. The molecule has 96 valence electrons. The second-order valence-corrected chi connectivity index (χ2v) is 5.38. The third-order valence-electron chi connectivity index (χ3n) is 3.03. The molecule has 0 radical (unpaired) electrons. The number of halogens is 2. The molecule has 0 saturated heterocycles. The minimum Gasteiger partial charge on any atom is -0.310 e. The molecule has 0 aromatic heterocycles. The predicted molar refractivity (Wildman–Crippen MR) is 74.6 cm³/mol. The van der Waals surface area contributed by atoms with E-state index in [2.05, 4.69) is 42.0 Å². The highest BCUT2D eigenvalue weighted by molar-refractivity contribution is 9.10. The molecule has 1 aromatic rings. The molecule has 0 aliphatic heterocycles. The number of nitrogens with one attached hydrogen (secondary N) is 1. The lowest BCUT2D eigenvalue weighted by molar-refractivity contribution is 0.358. The SMILES string of the molecule is CCCC(C)C(NCC)c1cc(Br)ccc1F. The van der Waals surface area contributed by atoms with Crippen LogP contribution >= 0.6 is 15.9 Å². The molecule has 0 fully saturated rings. The van der Waals surface area contributed by atoms with Gasteiger partial charge in [-0.15, -0.1) is 0 Å². The van der Waals surface area contributed by atoms with Crippen molar-refractivity contribution in [2.45, 2.75) is 39.7 Å². The lowest BCUT2D eigenvalue weighted by Crippen LogP contribution is -2.27. The van der Waals surface area contributed by atoms with E-state index >= 15 is 0 Å². The molecular formula is C14H21BrFN. The van der Waals surface area contributed by atoms with Gasteiger partial charge in [0, 0.05) is 16.1 Å². The van der Waals surface area contributed by atoms with Crippen LogP contribution in [0, 0.1) is 11.7 Å². The van der Waals surface area contributed by atoms with Gasteiger partial charge in [0.15, 0.2) is 0 Å². The maximum Gasteiger partial charge on any atom is 0.128 e. The molecule has 0 spiro atoms. The first-order valence-electron chi connectivity index (χ1n) is 6.28. The molecule has 1 nitrogen and oxygen atoms in total. The molecule has 17 heavy (non-hydrogen) atoms. The second kappa shape index (κ2) is 7.12. The Kier molecular flexibility index (Phi) is 6.14. The molecule has 0 aliphatic rings. The van der Waals surface area contributed by atoms with Crippen molar-refractivity contribution in [2.75, 3.05) is 6.54 Å². The van der Waals surface area contributed by atoms with Gasteiger partial charge in [0.2, 0.25) is 0 Å². The van der Waals surface area contributed by atoms with Crippen LogP contribution < -0.4 is 5.32 Å². The van der Waals surface area contributed by atoms with E-state index < -0.39 is 0 Å². The van der Waals surface area contributed by atoms with Crippen LogP contribution in [0.15, 0.2) is 22.7 Å². The van der Waals surface area contributed by atoms with Gasteiger partial charge in [-0.25, -0.2) is 4.39 Å². The third kappa shape index (κ3) is 4.07. The molecule has 0 aliphatic carbocycles. The highest BCUT2D eigenvalue weighted by Gasteiger charge is 2.21. The van der Waals surface area contributed by atoms with E-state index in [0.717, 1.165) is 29.4 Å². The topological polar surface area (TPSA) is 12.0 Å². The summed E-state index contributed by atoms with van der Waals surface area (Å²) < 4.78 is 14.8. The maximum absolute atomic E-state index is 13.9. The summed E-state index contributed by atoms with van der Waals surface area (Å²) in [5, 5.41) is 3.39. The minimum absolute atomic E-state index is 0.0949. The predicted octanol–water partition coefficient (Wildman–Crippen LogP) is 4.68. The summed E-state index contributed by atoms with van der Waals surface area (Å²) in [5.41, 5.74) is 0.766. The van der Waals surface area contributed by atoms with Crippen LogP contribution in [0.4, 0.5) is 4.39 Å². The van der Waals surface area contributed by atoms with E-state index in [9.17, 15) is 4.39 Å². The van der Waals surface area contributed by atoms with Crippen LogP contribution in [0.2, 0.25) is 0 Å². The quantitative estimate of drug-likeness (QED) is 0.805. The number of hydrogen-bond donors (Lipinski definition) is 1. The van der Waals surface area contributed by atoms with Crippen molar-refractivity contribution in [1.29, 1.82) is 0 Å². The number of rotatable bonds is 6. The molecule has 3 heteroatoms. The average Bonchev–Trinajstić information content (AvgIpc) is 2.30. The molecule has 0 amide bonds. The van der Waals surface area contributed by atoms with Crippen molar-refractivity contribution in [2.24, 2.45) is 5.92 Å². The summed E-state index contributed by atoms with van der Waals surface area (Å²) in [6.45, 7) is 7.25. The van der Waals surface area contributed by atoms with Gasteiger partial charge in [0.1, 0.15) is 5.82 Å². The van der Waals surface area contributed by atoms with E-state index in [1.807, 2.05) is 6.07 Å².